The van der Waals surface area contributed by atoms with Gasteiger partial charge in [0.2, 0.25) is 35.4 Å². The molecule has 6 aromatic rings. The van der Waals surface area contributed by atoms with Crippen LogP contribution >= 0.6 is 0 Å². The molecular formula is C80H95F4LiN6O15. The van der Waals surface area contributed by atoms with Crippen molar-refractivity contribution in [3.05, 3.63) is 109 Å². The van der Waals surface area contributed by atoms with Gasteiger partial charge in [-0.15, -0.1) is 0 Å². The van der Waals surface area contributed by atoms with Crippen LogP contribution in [-0.2, 0) is 52.6 Å². The molecule has 6 fully saturated rings. The molecular weight excluding hydrogens is 1370 g/mol. The number of carboxylic acid groups (broad SMARTS) is 1. The molecule has 2 aromatic heterocycles. The molecule has 6 aliphatic rings. The van der Waals surface area contributed by atoms with Gasteiger partial charge in [-0.05, 0) is 123 Å². The Bertz CT molecular complexity index is 4160. The minimum absolute atomic E-state index is 0. The number of carbonyl (C=O) groups excluding carboxylic acids is 7. The standard InChI is InChI=1S/C41H49F2N3O7.C39H45F2N3O7.Li.H2O/c1-5-51-38(50)40-22-28(40)23-41(42,43)19-13-7-10-16-27(20-34(48)53-39(2,3)4)37(49)46-25-29(21-32(46)33(47)24-40)52-36-35(26-14-8-6-9-15-26)44-30-17-11-12-18-31(30)45-36;1-37(2,3)51-32(46)18-25-14-8-5-11-17-39(40,41)21-26-20-38(26,36(48)49)22-31(45)30-19-27(23-44(30)35(25)47)50-34-33(24-12-6-4-7-13-24)42-28-15-9-10-16-29(28)43-34;;/h6,8-9,11-12,14-15,17-18,27-29,32H,5,7,10,13,16,19-25H2,1-4H3;4,6-7,9-10,12-13,15-16,25-27,30H,5,8,11,14,17-23H2,1-3H3,(H,48,49);;1H2/q;;+1;/p-1/t27-,28+,29-,32+,40-;25-,26+,27-,30+,38-;;/m11../s1. The molecule has 106 heavy (non-hydrogen) atoms. The third-order valence-electron chi connectivity index (χ3n) is 20.8. The number of rotatable bonds is 13. The fourth-order valence-corrected chi connectivity index (χ4v) is 15.5. The number of alkyl halides is 4. The number of esters is 3. The number of carbonyl (C=O) groups is 8. The van der Waals surface area contributed by atoms with E-state index >= 15 is 17.6 Å². The number of para-hydroxylation sites is 4. The zero-order valence-corrected chi connectivity index (χ0v) is 61.7. The monoisotopic (exact) mass is 1460 g/mol. The molecule has 4 aliphatic heterocycles. The van der Waals surface area contributed by atoms with Gasteiger partial charge in [0.1, 0.15) is 34.8 Å². The molecule has 2 aliphatic carbocycles. The van der Waals surface area contributed by atoms with E-state index in [-0.39, 0.29) is 133 Å². The van der Waals surface area contributed by atoms with E-state index in [1.165, 1.54) is 9.80 Å². The van der Waals surface area contributed by atoms with Crippen molar-refractivity contribution in [1.29, 1.82) is 0 Å². The summed E-state index contributed by atoms with van der Waals surface area (Å²) in [6.45, 7) is 12.1. The van der Waals surface area contributed by atoms with Crippen LogP contribution in [-0.4, -0.2) is 155 Å². The van der Waals surface area contributed by atoms with Gasteiger partial charge in [-0.2, -0.15) is 0 Å². The summed E-state index contributed by atoms with van der Waals surface area (Å²) in [5.41, 5.74) is 0.438. The van der Waals surface area contributed by atoms with Crippen molar-refractivity contribution in [1.82, 2.24) is 29.7 Å². The number of halogens is 4. The van der Waals surface area contributed by atoms with Crippen LogP contribution in [0, 0.1) is 34.5 Å². The van der Waals surface area contributed by atoms with Gasteiger partial charge in [0.15, 0.2) is 11.6 Å². The molecule has 0 spiro atoms. The topological polar surface area (TPSA) is 291 Å². The van der Waals surface area contributed by atoms with Crippen LogP contribution in [0.5, 0.6) is 11.8 Å². The van der Waals surface area contributed by atoms with Crippen LogP contribution in [0.4, 0.5) is 17.6 Å². The predicted octanol–water partition coefficient (Wildman–Crippen LogP) is 11.4. The Morgan fingerprint density at radius 1 is 0.519 bits per heavy atom. The van der Waals surface area contributed by atoms with Crippen molar-refractivity contribution in [3.8, 4) is 34.3 Å². The molecule has 0 bridgehead atoms. The summed E-state index contributed by atoms with van der Waals surface area (Å²) in [6, 6.07) is 31.4. The molecule has 2 saturated carbocycles. The summed E-state index contributed by atoms with van der Waals surface area (Å²) in [5, 5.41) is 10.2. The molecule has 6 heterocycles. The van der Waals surface area contributed by atoms with Crippen molar-refractivity contribution < 1.29 is 109 Å². The smallest absolute Gasteiger partial charge is 0.870 e. The van der Waals surface area contributed by atoms with Crippen LogP contribution < -0.4 is 28.3 Å². The molecule has 564 valence electrons. The Kier molecular flexibility index (Phi) is 26.0. The number of hydrogen-bond donors (Lipinski definition) is 1. The molecule has 2 N–H and O–H groups in total. The molecule has 12 rings (SSSR count). The first-order valence-corrected chi connectivity index (χ1v) is 36.6. The number of benzene rings is 4. The number of nitrogens with zero attached hydrogens (tertiary/aromatic N) is 6. The van der Waals surface area contributed by atoms with Crippen molar-refractivity contribution in [3.63, 3.8) is 0 Å². The van der Waals surface area contributed by atoms with Gasteiger partial charge in [0.05, 0.1) is 77.5 Å². The van der Waals surface area contributed by atoms with E-state index in [1.54, 1.807) is 54.5 Å². The van der Waals surface area contributed by atoms with Crippen LogP contribution in [0.25, 0.3) is 44.6 Å². The number of hydrogen-bond acceptors (Lipinski definition) is 18. The largest absolute Gasteiger partial charge is 1.00 e. The van der Waals surface area contributed by atoms with Gasteiger partial charge in [-0.25, -0.2) is 37.5 Å². The maximum atomic E-state index is 15.3. The number of ether oxygens (including phenoxy) is 5. The first-order chi connectivity index (χ1) is 49.3. The zero-order valence-electron chi connectivity index (χ0n) is 61.7. The summed E-state index contributed by atoms with van der Waals surface area (Å²) in [5.74, 6) is -13.8. The Labute approximate surface area is 626 Å². The van der Waals surface area contributed by atoms with Crippen molar-refractivity contribution in [2.45, 2.75) is 224 Å². The zero-order chi connectivity index (χ0) is 74.5. The number of carboxylic acids is 1. The summed E-state index contributed by atoms with van der Waals surface area (Å²) >= 11 is 0. The van der Waals surface area contributed by atoms with E-state index in [1.807, 2.05) is 103 Å². The molecule has 2 amide bonds. The van der Waals surface area contributed by atoms with Crippen LogP contribution in [0.15, 0.2) is 109 Å². The van der Waals surface area contributed by atoms with E-state index in [0.29, 0.717) is 59.1 Å². The predicted molar refractivity (Wildman–Crippen MR) is 379 cm³/mol. The first kappa shape index (κ1) is 81.7. The number of Topliss-reactive ketones (excluding diaryl/α,β-unsaturated/α-hetero) is 2. The molecule has 4 aromatic carbocycles. The summed E-state index contributed by atoms with van der Waals surface area (Å²) < 4.78 is 90.1. The fourth-order valence-electron chi connectivity index (χ4n) is 15.5. The van der Waals surface area contributed by atoms with Crippen LogP contribution in [0.1, 0.15) is 177 Å². The minimum Gasteiger partial charge on any atom is -0.870 e. The first-order valence-electron chi connectivity index (χ1n) is 36.6. The minimum atomic E-state index is -3.08. The second kappa shape index (κ2) is 33.8. The molecule has 21 nitrogen and oxygen atoms in total. The van der Waals surface area contributed by atoms with Gasteiger partial charge in [0, 0.05) is 74.3 Å². The molecule has 10 atom stereocenters. The number of ketones is 2. The van der Waals surface area contributed by atoms with E-state index in [9.17, 15) is 43.5 Å². The Morgan fingerprint density at radius 2 is 0.887 bits per heavy atom. The van der Waals surface area contributed by atoms with Gasteiger partial charge < -0.3 is 44.1 Å². The second-order valence-electron chi connectivity index (χ2n) is 31.1. The normalized spacial score (nSPS) is 26.3. The van der Waals surface area contributed by atoms with E-state index < -0.39 is 155 Å². The van der Waals surface area contributed by atoms with Crippen molar-refractivity contribution >= 4 is 69.3 Å². The van der Waals surface area contributed by atoms with E-state index in [2.05, 4.69) is 0 Å². The second-order valence-corrected chi connectivity index (χ2v) is 31.1. The number of amides is 2. The van der Waals surface area contributed by atoms with E-state index in [4.69, 9.17) is 43.6 Å². The molecule has 0 unspecified atom stereocenters. The maximum Gasteiger partial charge on any atom is 1.00 e. The molecule has 0 radical (unpaired) electrons. The van der Waals surface area contributed by atoms with Crippen LogP contribution in [0.2, 0.25) is 0 Å². The summed E-state index contributed by atoms with van der Waals surface area (Å²) in [4.78, 5) is 132. The number of aromatic nitrogens is 4. The molecule has 26 heteroatoms. The summed E-state index contributed by atoms with van der Waals surface area (Å²) in [6.07, 6.45) is -1.84. The Morgan fingerprint density at radius 3 is 1.27 bits per heavy atom. The van der Waals surface area contributed by atoms with Gasteiger partial charge in [0.25, 0.3) is 0 Å². The van der Waals surface area contributed by atoms with E-state index in [0.717, 1.165) is 11.1 Å². The molecule has 4 saturated heterocycles. The Hall–Kier alpha value is -8.40. The van der Waals surface area contributed by atoms with Gasteiger partial charge >= 0.3 is 42.7 Å². The number of fused-ring (bicyclic) bond motifs is 6. The van der Waals surface area contributed by atoms with Gasteiger partial charge in [-0.3, -0.25) is 38.4 Å². The average Bonchev–Trinajstić information content (AvgIpc) is 1.58. The summed E-state index contributed by atoms with van der Waals surface area (Å²) in [7, 11) is 0. The SMILES string of the molecule is CC(C)(C)OC(=O)C[C@H]1CCCCCC(F)(F)C[C@@H]2C[C@@]2(C(=O)O)CC(=O)[C@@H]2C[C@@H](Oc3nc4ccccc4nc3-c3ccccc3)CN2C1=O.CCOC(=O)[C@]12CC(=O)[C@@H]3C[C@@H](Oc4nc5ccccc5nc4-c4ccccc4)CN3C(=O)[C@@H](CC(=O)OC(C)(C)C)CCCCCC(F)(F)C[C@@H]1C2.[Li+].[OH-]. The Balaban J connectivity index is 0.000000241. The average molecular weight is 1460 g/mol. The van der Waals surface area contributed by atoms with Crippen molar-refractivity contribution in [2.75, 3.05) is 19.7 Å². The van der Waals surface area contributed by atoms with Crippen LogP contribution in [0.3, 0.4) is 0 Å². The van der Waals surface area contributed by atoms with Gasteiger partial charge in [-0.1, -0.05) is 111 Å². The quantitative estimate of drug-likeness (QED) is 0.0486. The third-order valence-corrected chi connectivity index (χ3v) is 20.8. The maximum absolute atomic E-state index is 15.3. The fraction of sp³-hybridized carbons (Fsp3) is 0.550. The number of aliphatic carboxylic acids is 1. The van der Waals surface area contributed by atoms with Crippen molar-refractivity contribution in [2.24, 2.45) is 34.5 Å². The third kappa shape index (κ3) is 20.0.